The Labute approximate surface area is 156 Å². The van der Waals surface area contributed by atoms with Gasteiger partial charge in [0.05, 0.1) is 6.10 Å². The minimum absolute atomic E-state index is 0. The van der Waals surface area contributed by atoms with Crippen LogP contribution in [-0.4, -0.2) is 55.7 Å². The SMILES string of the molecule is Cl.Cl.NC[C@H]1CC[C@@H](C(=O)N2CCCN(c3ccccc3)CC2)O1. The molecule has 0 bridgehead atoms. The first-order valence-electron chi connectivity index (χ1n) is 8.22. The summed E-state index contributed by atoms with van der Waals surface area (Å²) in [5, 5.41) is 0. The van der Waals surface area contributed by atoms with E-state index >= 15 is 0 Å². The summed E-state index contributed by atoms with van der Waals surface area (Å²) < 4.78 is 5.75. The van der Waals surface area contributed by atoms with Crippen molar-refractivity contribution in [3.8, 4) is 0 Å². The van der Waals surface area contributed by atoms with Gasteiger partial charge in [0.25, 0.3) is 5.91 Å². The zero-order valence-corrected chi connectivity index (χ0v) is 15.4. The maximum absolute atomic E-state index is 12.6. The molecule has 24 heavy (non-hydrogen) atoms. The van der Waals surface area contributed by atoms with Crippen LogP contribution in [0.4, 0.5) is 5.69 Å². The van der Waals surface area contributed by atoms with E-state index in [-0.39, 0.29) is 42.9 Å². The van der Waals surface area contributed by atoms with Gasteiger partial charge in [0, 0.05) is 38.4 Å². The van der Waals surface area contributed by atoms with Crippen LogP contribution in [0.25, 0.3) is 0 Å². The first-order chi connectivity index (χ1) is 10.8. The lowest BCUT2D eigenvalue weighted by molar-refractivity contribution is -0.142. The van der Waals surface area contributed by atoms with Crippen molar-refractivity contribution in [1.29, 1.82) is 0 Å². The molecule has 0 unspecified atom stereocenters. The van der Waals surface area contributed by atoms with Gasteiger partial charge in [-0.25, -0.2) is 0 Å². The lowest BCUT2D eigenvalue weighted by Crippen LogP contribution is -2.41. The molecule has 2 atom stereocenters. The van der Waals surface area contributed by atoms with E-state index < -0.39 is 0 Å². The van der Waals surface area contributed by atoms with Crippen LogP contribution in [0.5, 0.6) is 0 Å². The molecule has 2 fully saturated rings. The highest BCUT2D eigenvalue weighted by Gasteiger charge is 2.33. The highest BCUT2D eigenvalue weighted by Crippen LogP contribution is 2.22. The van der Waals surface area contributed by atoms with Crippen LogP contribution < -0.4 is 10.6 Å². The Bertz CT molecular complexity index is 504. The van der Waals surface area contributed by atoms with Crippen molar-refractivity contribution in [2.45, 2.75) is 31.5 Å². The van der Waals surface area contributed by atoms with Crippen LogP contribution >= 0.6 is 24.8 Å². The van der Waals surface area contributed by atoms with Crippen LogP contribution in [0.15, 0.2) is 30.3 Å². The minimum atomic E-state index is -0.281. The Morgan fingerprint density at radius 2 is 1.83 bits per heavy atom. The normalized spacial score (nSPS) is 23.9. The third-order valence-corrected chi connectivity index (χ3v) is 4.57. The predicted molar refractivity (Wildman–Crippen MR) is 101 cm³/mol. The molecular weight excluding hydrogens is 349 g/mol. The number of benzene rings is 1. The van der Waals surface area contributed by atoms with Crippen molar-refractivity contribution in [1.82, 2.24) is 4.90 Å². The number of carbonyl (C=O) groups excluding carboxylic acids is 1. The Morgan fingerprint density at radius 1 is 1.08 bits per heavy atom. The molecule has 0 spiro atoms. The summed E-state index contributed by atoms with van der Waals surface area (Å²) in [5.41, 5.74) is 6.86. The lowest BCUT2D eigenvalue weighted by atomic mass is 10.2. The average Bonchev–Trinajstić information content (AvgIpc) is 2.92. The predicted octanol–water partition coefficient (Wildman–Crippen LogP) is 2.08. The maximum Gasteiger partial charge on any atom is 0.251 e. The average molecular weight is 376 g/mol. The fraction of sp³-hybridized carbons (Fsp3) is 0.588. The van der Waals surface area contributed by atoms with Gasteiger partial charge in [0.2, 0.25) is 0 Å². The van der Waals surface area contributed by atoms with Crippen molar-refractivity contribution in [3.63, 3.8) is 0 Å². The minimum Gasteiger partial charge on any atom is -0.370 e. The first kappa shape index (κ1) is 21.0. The number of hydrogen-bond acceptors (Lipinski definition) is 4. The van der Waals surface area contributed by atoms with Crippen molar-refractivity contribution in [2.75, 3.05) is 37.6 Å². The highest BCUT2D eigenvalue weighted by molar-refractivity contribution is 5.85. The Balaban J connectivity index is 0.00000144. The van der Waals surface area contributed by atoms with E-state index in [1.54, 1.807) is 0 Å². The van der Waals surface area contributed by atoms with E-state index in [1.165, 1.54) is 5.69 Å². The third-order valence-electron chi connectivity index (χ3n) is 4.57. The number of ether oxygens (including phenoxy) is 1. The fourth-order valence-electron chi connectivity index (χ4n) is 3.30. The van der Waals surface area contributed by atoms with Crippen molar-refractivity contribution >= 4 is 36.4 Å². The van der Waals surface area contributed by atoms with E-state index in [0.717, 1.165) is 45.4 Å². The van der Waals surface area contributed by atoms with Crippen molar-refractivity contribution in [2.24, 2.45) is 5.73 Å². The molecule has 136 valence electrons. The van der Waals surface area contributed by atoms with Gasteiger partial charge in [-0.1, -0.05) is 18.2 Å². The largest absolute Gasteiger partial charge is 0.370 e. The monoisotopic (exact) mass is 375 g/mol. The topological polar surface area (TPSA) is 58.8 Å². The van der Waals surface area contributed by atoms with Crippen LogP contribution in [0.2, 0.25) is 0 Å². The molecule has 0 aliphatic carbocycles. The lowest BCUT2D eigenvalue weighted by Gasteiger charge is -2.25. The number of rotatable bonds is 3. The van der Waals surface area contributed by atoms with E-state index in [1.807, 2.05) is 11.0 Å². The number of para-hydroxylation sites is 1. The number of amides is 1. The number of nitrogens with two attached hydrogens (primary N) is 1. The molecule has 2 aliphatic heterocycles. The molecule has 3 rings (SSSR count). The zero-order chi connectivity index (χ0) is 15.4. The number of hydrogen-bond donors (Lipinski definition) is 1. The molecule has 0 saturated carbocycles. The number of anilines is 1. The van der Waals surface area contributed by atoms with E-state index in [9.17, 15) is 4.79 Å². The summed E-state index contributed by atoms with van der Waals surface area (Å²) in [4.78, 5) is 16.9. The molecule has 1 aromatic carbocycles. The van der Waals surface area contributed by atoms with Gasteiger partial charge in [-0.05, 0) is 31.4 Å². The van der Waals surface area contributed by atoms with Gasteiger partial charge >= 0.3 is 0 Å². The summed E-state index contributed by atoms with van der Waals surface area (Å²) in [5.74, 6) is 0.144. The summed E-state index contributed by atoms with van der Waals surface area (Å²) in [6.07, 6.45) is 2.48. The van der Waals surface area contributed by atoms with Crippen LogP contribution in [0.3, 0.4) is 0 Å². The molecule has 2 heterocycles. The Hall–Kier alpha value is -1.01. The van der Waals surface area contributed by atoms with Gasteiger partial charge in [-0.2, -0.15) is 0 Å². The molecular formula is C17H27Cl2N3O2. The van der Waals surface area contributed by atoms with Gasteiger partial charge in [0.15, 0.2) is 0 Å². The van der Waals surface area contributed by atoms with Gasteiger partial charge in [-0.3, -0.25) is 4.79 Å². The summed E-state index contributed by atoms with van der Waals surface area (Å²) in [6, 6.07) is 10.4. The second-order valence-electron chi connectivity index (χ2n) is 6.06. The summed E-state index contributed by atoms with van der Waals surface area (Å²) >= 11 is 0. The van der Waals surface area contributed by atoms with Gasteiger partial charge in [-0.15, -0.1) is 24.8 Å². The van der Waals surface area contributed by atoms with E-state index in [0.29, 0.717) is 6.54 Å². The first-order valence-corrected chi connectivity index (χ1v) is 8.22. The number of halogens is 2. The molecule has 1 aromatic rings. The molecule has 2 aliphatic rings. The van der Waals surface area contributed by atoms with Crippen LogP contribution in [-0.2, 0) is 9.53 Å². The molecule has 7 heteroatoms. The molecule has 1 amide bonds. The van der Waals surface area contributed by atoms with Gasteiger partial charge < -0.3 is 20.3 Å². The standard InChI is InChI=1S/C17H25N3O2.2ClH/c18-13-15-7-8-16(22-15)17(21)20-10-4-9-19(11-12-20)14-5-2-1-3-6-14;;/h1-3,5-6,15-16H,4,7-13,18H2;2*1H/t15-,16+;;/m1../s1. The second-order valence-corrected chi connectivity index (χ2v) is 6.06. The molecule has 0 aromatic heterocycles. The maximum atomic E-state index is 12.6. The smallest absolute Gasteiger partial charge is 0.251 e. The molecule has 5 nitrogen and oxygen atoms in total. The fourth-order valence-corrected chi connectivity index (χ4v) is 3.30. The Morgan fingerprint density at radius 3 is 2.50 bits per heavy atom. The van der Waals surface area contributed by atoms with Crippen molar-refractivity contribution in [3.05, 3.63) is 30.3 Å². The molecule has 2 saturated heterocycles. The van der Waals surface area contributed by atoms with Gasteiger partial charge in [0.1, 0.15) is 6.10 Å². The highest BCUT2D eigenvalue weighted by atomic mass is 35.5. The number of nitrogens with zero attached hydrogens (tertiary/aromatic N) is 2. The second kappa shape index (κ2) is 10.1. The molecule has 2 N–H and O–H groups in total. The molecule has 0 radical (unpaired) electrons. The number of carbonyl (C=O) groups is 1. The summed E-state index contributed by atoms with van der Waals surface area (Å²) in [6.45, 7) is 3.95. The van der Waals surface area contributed by atoms with E-state index in [4.69, 9.17) is 10.5 Å². The third kappa shape index (κ3) is 4.99. The van der Waals surface area contributed by atoms with E-state index in [2.05, 4.69) is 29.2 Å². The van der Waals surface area contributed by atoms with Crippen LogP contribution in [0.1, 0.15) is 19.3 Å². The zero-order valence-electron chi connectivity index (χ0n) is 13.8. The van der Waals surface area contributed by atoms with Crippen LogP contribution in [0, 0.1) is 0 Å². The summed E-state index contributed by atoms with van der Waals surface area (Å²) in [7, 11) is 0. The quantitative estimate of drug-likeness (QED) is 0.878. The Kier molecular flexibility index (Phi) is 8.84. The van der Waals surface area contributed by atoms with Crippen molar-refractivity contribution < 1.29 is 9.53 Å².